The van der Waals surface area contributed by atoms with Gasteiger partial charge in [0.05, 0.1) is 21.6 Å². The lowest BCUT2D eigenvalue weighted by atomic mass is 10.0. The van der Waals surface area contributed by atoms with E-state index in [4.69, 9.17) is 0 Å². The normalized spacial score (nSPS) is 12.0. The molecule has 0 saturated heterocycles. The standard InChI is InChI=1S/C21H23N3OS/c1-5-19(18-7-6-12-22-13-18)24(4)21(25)17-10-8-16(9-11-17)20-14(2)23-15(3)26-20/h6-13,19H,5H2,1-4H3. The second kappa shape index (κ2) is 7.79. The zero-order valence-corrected chi connectivity index (χ0v) is 16.4. The van der Waals surface area contributed by atoms with E-state index in [9.17, 15) is 4.79 Å². The Labute approximate surface area is 158 Å². The molecule has 1 atom stereocenters. The van der Waals surface area contributed by atoms with Crippen molar-refractivity contribution >= 4 is 17.2 Å². The fraction of sp³-hybridized carbons (Fsp3) is 0.286. The Bertz CT molecular complexity index is 887. The first-order chi connectivity index (χ1) is 12.5. The monoisotopic (exact) mass is 365 g/mol. The Morgan fingerprint density at radius 2 is 1.92 bits per heavy atom. The highest BCUT2D eigenvalue weighted by molar-refractivity contribution is 7.15. The van der Waals surface area contributed by atoms with Crippen molar-refractivity contribution in [1.82, 2.24) is 14.9 Å². The molecule has 2 heterocycles. The Morgan fingerprint density at radius 3 is 2.46 bits per heavy atom. The van der Waals surface area contributed by atoms with E-state index in [-0.39, 0.29) is 11.9 Å². The van der Waals surface area contributed by atoms with E-state index in [1.807, 2.05) is 63.5 Å². The highest BCUT2D eigenvalue weighted by Gasteiger charge is 2.21. The van der Waals surface area contributed by atoms with Crippen molar-refractivity contribution in [2.45, 2.75) is 33.2 Å². The molecular weight excluding hydrogens is 342 g/mol. The molecule has 0 bridgehead atoms. The van der Waals surface area contributed by atoms with Crippen molar-refractivity contribution < 1.29 is 4.79 Å². The number of nitrogens with zero attached hydrogens (tertiary/aromatic N) is 3. The number of carbonyl (C=O) groups excluding carboxylic acids is 1. The number of rotatable bonds is 5. The molecule has 134 valence electrons. The molecule has 5 heteroatoms. The minimum absolute atomic E-state index is 0.0160. The molecule has 1 aromatic carbocycles. The third-order valence-corrected chi connectivity index (χ3v) is 5.66. The average molecular weight is 366 g/mol. The number of aromatic nitrogens is 2. The van der Waals surface area contributed by atoms with Crippen LogP contribution in [0.5, 0.6) is 0 Å². The van der Waals surface area contributed by atoms with Gasteiger partial charge in [-0.15, -0.1) is 11.3 Å². The number of thiazole rings is 1. The summed E-state index contributed by atoms with van der Waals surface area (Å²) < 4.78 is 0. The van der Waals surface area contributed by atoms with Crippen LogP contribution in [0, 0.1) is 13.8 Å². The largest absolute Gasteiger partial charge is 0.335 e. The van der Waals surface area contributed by atoms with Crippen molar-refractivity contribution in [2.24, 2.45) is 0 Å². The van der Waals surface area contributed by atoms with Gasteiger partial charge in [-0.1, -0.05) is 25.1 Å². The van der Waals surface area contributed by atoms with E-state index < -0.39 is 0 Å². The first kappa shape index (κ1) is 18.3. The second-order valence-electron chi connectivity index (χ2n) is 6.35. The topological polar surface area (TPSA) is 46.1 Å². The summed E-state index contributed by atoms with van der Waals surface area (Å²) in [4.78, 5) is 24.6. The molecule has 0 N–H and O–H groups in total. The Balaban J connectivity index is 1.82. The number of hydrogen-bond donors (Lipinski definition) is 0. The molecule has 4 nitrogen and oxygen atoms in total. The summed E-state index contributed by atoms with van der Waals surface area (Å²) in [6, 6.07) is 11.8. The minimum Gasteiger partial charge on any atom is -0.335 e. The van der Waals surface area contributed by atoms with E-state index in [0.29, 0.717) is 5.56 Å². The molecule has 0 saturated carbocycles. The maximum Gasteiger partial charge on any atom is 0.254 e. The molecule has 3 rings (SSSR count). The molecule has 0 aliphatic heterocycles. The van der Waals surface area contributed by atoms with Gasteiger partial charge in [-0.3, -0.25) is 9.78 Å². The SMILES string of the molecule is CCC(c1cccnc1)N(C)C(=O)c1ccc(-c2sc(C)nc2C)cc1. The molecule has 0 spiro atoms. The van der Waals surface area contributed by atoms with Crippen LogP contribution in [0.15, 0.2) is 48.8 Å². The smallest absolute Gasteiger partial charge is 0.254 e. The van der Waals surface area contributed by atoms with Crippen LogP contribution in [-0.4, -0.2) is 27.8 Å². The summed E-state index contributed by atoms with van der Waals surface area (Å²) in [5.41, 5.74) is 3.88. The number of hydrogen-bond acceptors (Lipinski definition) is 4. The predicted octanol–water partition coefficient (Wildman–Crippen LogP) is 5.05. The van der Waals surface area contributed by atoms with Crippen molar-refractivity contribution in [2.75, 3.05) is 7.05 Å². The van der Waals surface area contributed by atoms with E-state index in [1.54, 1.807) is 22.4 Å². The Hall–Kier alpha value is -2.53. The first-order valence-electron chi connectivity index (χ1n) is 8.72. The summed E-state index contributed by atoms with van der Waals surface area (Å²) in [5.74, 6) is 0.0180. The molecule has 0 aliphatic rings. The van der Waals surface area contributed by atoms with E-state index in [1.165, 1.54) is 0 Å². The van der Waals surface area contributed by atoms with Gasteiger partial charge in [0.1, 0.15) is 0 Å². The average Bonchev–Trinajstić information content (AvgIpc) is 3.01. The maximum atomic E-state index is 12.9. The van der Waals surface area contributed by atoms with Gasteiger partial charge in [-0.05, 0) is 49.6 Å². The lowest BCUT2D eigenvalue weighted by Gasteiger charge is -2.27. The number of amides is 1. The Morgan fingerprint density at radius 1 is 1.19 bits per heavy atom. The predicted molar refractivity (Wildman–Crippen MR) is 106 cm³/mol. The van der Waals surface area contributed by atoms with Gasteiger partial charge in [0.25, 0.3) is 5.91 Å². The van der Waals surface area contributed by atoms with Gasteiger partial charge in [-0.25, -0.2) is 4.98 Å². The summed E-state index contributed by atoms with van der Waals surface area (Å²) in [6.45, 7) is 6.11. The lowest BCUT2D eigenvalue weighted by Crippen LogP contribution is -2.31. The maximum absolute atomic E-state index is 12.9. The molecule has 1 unspecified atom stereocenters. The van der Waals surface area contributed by atoms with Crippen LogP contribution in [-0.2, 0) is 0 Å². The zero-order valence-electron chi connectivity index (χ0n) is 15.6. The van der Waals surface area contributed by atoms with Crippen LogP contribution >= 0.6 is 11.3 Å². The zero-order chi connectivity index (χ0) is 18.7. The molecule has 26 heavy (non-hydrogen) atoms. The van der Waals surface area contributed by atoms with Gasteiger partial charge >= 0.3 is 0 Å². The van der Waals surface area contributed by atoms with Gasteiger partial charge < -0.3 is 4.90 Å². The summed E-state index contributed by atoms with van der Waals surface area (Å²) in [6.07, 6.45) is 4.42. The fourth-order valence-corrected chi connectivity index (χ4v) is 4.14. The van der Waals surface area contributed by atoms with Crippen LogP contribution in [0.4, 0.5) is 0 Å². The van der Waals surface area contributed by atoms with Crippen LogP contribution in [0.25, 0.3) is 10.4 Å². The van der Waals surface area contributed by atoms with Gasteiger partial charge in [-0.2, -0.15) is 0 Å². The quantitative estimate of drug-likeness (QED) is 0.636. The second-order valence-corrected chi connectivity index (χ2v) is 7.55. The van der Waals surface area contributed by atoms with E-state index in [2.05, 4.69) is 16.9 Å². The first-order valence-corrected chi connectivity index (χ1v) is 9.54. The summed E-state index contributed by atoms with van der Waals surface area (Å²) in [7, 11) is 1.86. The number of carbonyl (C=O) groups is 1. The lowest BCUT2D eigenvalue weighted by molar-refractivity contribution is 0.0726. The highest BCUT2D eigenvalue weighted by Crippen LogP contribution is 2.30. The molecule has 0 fully saturated rings. The van der Waals surface area contributed by atoms with Gasteiger partial charge in [0, 0.05) is 25.0 Å². The third kappa shape index (κ3) is 3.68. The molecule has 0 radical (unpaired) electrons. The molecule has 3 aromatic rings. The molecular formula is C21H23N3OS. The highest BCUT2D eigenvalue weighted by atomic mass is 32.1. The van der Waals surface area contributed by atoms with Crippen LogP contribution < -0.4 is 0 Å². The van der Waals surface area contributed by atoms with E-state index >= 15 is 0 Å². The summed E-state index contributed by atoms with van der Waals surface area (Å²) >= 11 is 1.68. The minimum atomic E-state index is 0.0160. The van der Waals surface area contributed by atoms with Crippen molar-refractivity contribution in [3.8, 4) is 10.4 Å². The molecule has 0 aliphatic carbocycles. The molecule has 1 amide bonds. The van der Waals surface area contributed by atoms with Gasteiger partial charge in [0.15, 0.2) is 0 Å². The van der Waals surface area contributed by atoms with Crippen LogP contribution in [0.3, 0.4) is 0 Å². The van der Waals surface area contributed by atoms with Gasteiger partial charge in [0.2, 0.25) is 0 Å². The van der Waals surface area contributed by atoms with Crippen LogP contribution in [0.1, 0.15) is 46.0 Å². The Kier molecular flexibility index (Phi) is 5.47. The number of benzene rings is 1. The number of pyridine rings is 1. The van der Waals surface area contributed by atoms with E-state index in [0.717, 1.165) is 33.1 Å². The third-order valence-electron chi connectivity index (χ3n) is 4.54. The van der Waals surface area contributed by atoms with Crippen LogP contribution in [0.2, 0.25) is 0 Å². The summed E-state index contributed by atoms with van der Waals surface area (Å²) in [5, 5.41) is 1.06. The molecule has 2 aromatic heterocycles. The van der Waals surface area contributed by atoms with Crippen molar-refractivity contribution in [1.29, 1.82) is 0 Å². The fourth-order valence-electron chi connectivity index (χ4n) is 3.21. The van der Waals surface area contributed by atoms with Crippen molar-refractivity contribution in [3.63, 3.8) is 0 Å². The number of aryl methyl sites for hydroxylation is 2. The van der Waals surface area contributed by atoms with Crippen molar-refractivity contribution in [3.05, 3.63) is 70.6 Å².